The van der Waals surface area contributed by atoms with Gasteiger partial charge in [-0.3, -0.25) is 9.69 Å². The number of piperidine rings is 1. The summed E-state index contributed by atoms with van der Waals surface area (Å²) in [5.74, 6) is 1.06. The van der Waals surface area contributed by atoms with Gasteiger partial charge in [-0.05, 0) is 49.4 Å². The number of likely N-dealkylation sites (N-methyl/N-ethyl adjacent to an activating group) is 1. The maximum Gasteiger partial charge on any atom is 0.176 e. The van der Waals surface area contributed by atoms with E-state index in [-0.39, 0.29) is 6.04 Å². The molecule has 0 aromatic heterocycles. The molecule has 1 aromatic carbocycles. The molecule has 0 radical (unpaired) electrons. The quantitative estimate of drug-likeness (QED) is 0.781. The standard InChI is InChI=1S/C19H25NO/c1-3-4-10-15-12-18-19(21)16(13-17(15)20(18)2)11-14-8-6-5-7-9-14/h5-9,11,15,17-18H,3-4,10,12-13H2,1-2H3/b16-11+/t15-,17+,18-/m1/s1. The van der Waals surface area contributed by atoms with Crippen LogP contribution in [-0.2, 0) is 4.79 Å². The fourth-order valence-electron chi connectivity index (χ4n) is 3.97. The second-order valence-electron chi connectivity index (χ2n) is 6.54. The fraction of sp³-hybridized carbons (Fsp3) is 0.526. The van der Waals surface area contributed by atoms with Gasteiger partial charge in [0.15, 0.2) is 5.78 Å². The third-order valence-electron chi connectivity index (χ3n) is 5.20. The Morgan fingerprint density at radius 1 is 1.29 bits per heavy atom. The van der Waals surface area contributed by atoms with Crippen LogP contribution in [0.15, 0.2) is 35.9 Å². The molecule has 2 heterocycles. The first-order valence-electron chi connectivity index (χ1n) is 8.22. The Hall–Kier alpha value is -1.41. The van der Waals surface area contributed by atoms with Gasteiger partial charge in [-0.25, -0.2) is 0 Å². The molecule has 1 aromatic rings. The van der Waals surface area contributed by atoms with Gasteiger partial charge in [0.25, 0.3) is 0 Å². The largest absolute Gasteiger partial charge is 0.293 e. The zero-order valence-corrected chi connectivity index (χ0v) is 13.1. The topological polar surface area (TPSA) is 20.3 Å². The van der Waals surface area contributed by atoms with Gasteiger partial charge in [-0.15, -0.1) is 0 Å². The summed E-state index contributed by atoms with van der Waals surface area (Å²) in [4.78, 5) is 15.0. The summed E-state index contributed by atoms with van der Waals surface area (Å²) >= 11 is 0. The number of rotatable bonds is 4. The number of carbonyl (C=O) groups excluding carboxylic acids is 1. The lowest BCUT2D eigenvalue weighted by Gasteiger charge is -2.33. The van der Waals surface area contributed by atoms with Crippen molar-refractivity contribution in [1.82, 2.24) is 4.90 Å². The van der Waals surface area contributed by atoms with E-state index < -0.39 is 0 Å². The molecule has 2 aliphatic heterocycles. The molecule has 0 aliphatic carbocycles. The van der Waals surface area contributed by atoms with E-state index in [0.29, 0.717) is 17.7 Å². The average Bonchev–Trinajstić information content (AvgIpc) is 2.73. The van der Waals surface area contributed by atoms with Crippen molar-refractivity contribution in [2.45, 2.75) is 51.1 Å². The second-order valence-corrected chi connectivity index (χ2v) is 6.54. The monoisotopic (exact) mass is 283 g/mol. The van der Waals surface area contributed by atoms with Crippen LogP contribution in [0.4, 0.5) is 0 Å². The van der Waals surface area contributed by atoms with Crippen molar-refractivity contribution in [3.8, 4) is 0 Å². The maximum absolute atomic E-state index is 12.7. The number of hydrogen-bond donors (Lipinski definition) is 0. The molecule has 2 aliphatic rings. The first kappa shape index (κ1) is 14.5. The van der Waals surface area contributed by atoms with Crippen LogP contribution < -0.4 is 0 Å². The smallest absolute Gasteiger partial charge is 0.176 e. The van der Waals surface area contributed by atoms with Gasteiger partial charge >= 0.3 is 0 Å². The van der Waals surface area contributed by atoms with Crippen molar-refractivity contribution < 1.29 is 4.79 Å². The van der Waals surface area contributed by atoms with E-state index in [1.165, 1.54) is 19.3 Å². The molecular weight excluding hydrogens is 258 g/mol. The summed E-state index contributed by atoms with van der Waals surface area (Å²) in [7, 11) is 2.14. The van der Waals surface area contributed by atoms with E-state index in [4.69, 9.17) is 0 Å². The molecule has 2 nitrogen and oxygen atoms in total. The first-order chi connectivity index (χ1) is 10.2. The highest BCUT2D eigenvalue weighted by atomic mass is 16.1. The maximum atomic E-state index is 12.7. The minimum Gasteiger partial charge on any atom is -0.293 e. The van der Waals surface area contributed by atoms with Crippen LogP contribution in [-0.4, -0.2) is 29.8 Å². The van der Waals surface area contributed by atoms with Gasteiger partial charge in [0.1, 0.15) is 0 Å². The van der Waals surface area contributed by atoms with Crippen molar-refractivity contribution >= 4 is 11.9 Å². The molecule has 2 heteroatoms. The van der Waals surface area contributed by atoms with E-state index in [1.54, 1.807) is 0 Å². The van der Waals surface area contributed by atoms with Gasteiger partial charge in [-0.2, -0.15) is 0 Å². The van der Waals surface area contributed by atoms with E-state index in [9.17, 15) is 4.79 Å². The zero-order chi connectivity index (χ0) is 14.8. The predicted molar refractivity (Wildman–Crippen MR) is 87.0 cm³/mol. The molecule has 3 rings (SSSR count). The van der Waals surface area contributed by atoms with Crippen LogP contribution in [0.25, 0.3) is 6.08 Å². The molecule has 0 amide bonds. The van der Waals surface area contributed by atoms with Crippen LogP contribution in [0.5, 0.6) is 0 Å². The van der Waals surface area contributed by atoms with E-state index in [1.807, 2.05) is 18.2 Å². The SMILES string of the molecule is CCCC[C@@H]1C[C@@H]2C(=O)/C(=C/c3ccccc3)C[C@@H]1N2C. The highest BCUT2D eigenvalue weighted by molar-refractivity contribution is 6.04. The molecule has 2 bridgehead atoms. The first-order valence-corrected chi connectivity index (χ1v) is 8.22. The number of hydrogen-bond acceptors (Lipinski definition) is 2. The van der Waals surface area contributed by atoms with E-state index >= 15 is 0 Å². The Morgan fingerprint density at radius 3 is 2.76 bits per heavy atom. The summed E-state index contributed by atoms with van der Waals surface area (Å²) < 4.78 is 0. The Bertz CT molecular complexity index is 534. The van der Waals surface area contributed by atoms with E-state index in [2.05, 4.69) is 37.1 Å². The molecule has 0 N–H and O–H groups in total. The number of unbranched alkanes of at least 4 members (excludes halogenated alkanes) is 1. The van der Waals surface area contributed by atoms with Gasteiger partial charge in [0.2, 0.25) is 0 Å². The van der Waals surface area contributed by atoms with Crippen LogP contribution in [0.2, 0.25) is 0 Å². The Morgan fingerprint density at radius 2 is 2.05 bits per heavy atom. The van der Waals surface area contributed by atoms with Gasteiger partial charge in [-0.1, -0.05) is 50.1 Å². The molecule has 2 fully saturated rings. The molecule has 0 saturated carbocycles. The Balaban J connectivity index is 1.81. The molecule has 0 spiro atoms. The summed E-state index contributed by atoms with van der Waals surface area (Å²) in [6.07, 6.45) is 7.90. The predicted octanol–water partition coefficient (Wildman–Crippen LogP) is 3.92. The van der Waals surface area contributed by atoms with Crippen LogP contribution in [0.3, 0.4) is 0 Å². The van der Waals surface area contributed by atoms with Crippen molar-refractivity contribution in [2.75, 3.05) is 7.05 Å². The highest BCUT2D eigenvalue weighted by Crippen LogP contribution is 2.41. The third-order valence-corrected chi connectivity index (χ3v) is 5.20. The molecule has 2 saturated heterocycles. The molecule has 0 unspecified atom stereocenters. The van der Waals surface area contributed by atoms with Gasteiger partial charge in [0, 0.05) is 6.04 Å². The number of nitrogens with zero attached hydrogens (tertiary/aromatic N) is 1. The third kappa shape index (κ3) is 2.82. The highest BCUT2D eigenvalue weighted by Gasteiger charge is 2.47. The van der Waals surface area contributed by atoms with Crippen molar-refractivity contribution in [3.63, 3.8) is 0 Å². The number of ketones is 1. The van der Waals surface area contributed by atoms with Gasteiger partial charge < -0.3 is 0 Å². The molecular formula is C19H25NO. The minimum atomic E-state index is 0.126. The number of Topliss-reactive ketones (excluding diaryl/α,β-unsaturated/α-hetero) is 1. The fourth-order valence-corrected chi connectivity index (χ4v) is 3.97. The van der Waals surface area contributed by atoms with Crippen LogP contribution >= 0.6 is 0 Å². The minimum absolute atomic E-state index is 0.126. The molecule has 3 atom stereocenters. The lowest BCUT2D eigenvalue weighted by Crippen LogP contribution is -2.44. The average molecular weight is 283 g/mol. The van der Waals surface area contributed by atoms with Gasteiger partial charge in [0.05, 0.1) is 6.04 Å². The summed E-state index contributed by atoms with van der Waals surface area (Å²) in [5.41, 5.74) is 2.18. The number of benzene rings is 1. The zero-order valence-electron chi connectivity index (χ0n) is 13.1. The molecule has 112 valence electrons. The Kier molecular flexibility index (Phi) is 4.25. The van der Waals surface area contributed by atoms with Crippen molar-refractivity contribution in [3.05, 3.63) is 41.5 Å². The summed E-state index contributed by atoms with van der Waals surface area (Å²) in [5, 5.41) is 0. The summed E-state index contributed by atoms with van der Waals surface area (Å²) in [6.45, 7) is 2.25. The number of fused-ring (bicyclic) bond motifs is 2. The van der Waals surface area contributed by atoms with Crippen molar-refractivity contribution in [1.29, 1.82) is 0 Å². The van der Waals surface area contributed by atoms with Crippen LogP contribution in [0, 0.1) is 5.92 Å². The molecule has 21 heavy (non-hydrogen) atoms. The second kappa shape index (κ2) is 6.15. The lowest BCUT2D eigenvalue weighted by atomic mass is 9.90. The lowest BCUT2D eigenvalue weighted by molar-refractivity contribution is -0.121. The van der Waals surface area contributed by atoms with Crippen molar-refractivity contribution in [2.24, 2.45) is 5.92 Å². The number of carbonyl (C=O) groups is 1. The normalized spacial score (nSPS) is 31.0. The Labute approximate surface area is 127 Å². The summed E-state index contributed by atoms with van der Waals surface area (Å²) in [6, 6.07) is 10.9. The van der Waals surface area contributed by atoms with E-state index in [0.717, 1.165) is 24.0 Å². The van der Waals surface area contributed by atoms with Crippen LogP contribution in [0.1, 0.15) is 44.6 Å².